The van der Waals surface area contributed by atoms with E-state index >= 15 is 0 Å². The van der Waals surface area contributed by atoms with Crippen molar-refractivity contribution < 1.29 is 14.5 Å². The number of rotatable bonds is 3. The number of aromatic nitrogens is 1. The van der Waals surface area contributed by atoms with Gasteiger partial charge in [0.2, 0.25) is 0 Å². The predicted molar refractivity (Wildman–Crippen MR) is 83.1 cm³/mol. The number of ether oxygens (including phenoxy) is 1. The van der Waals surface area contributed by atoms with Gasteiger partial charge in [-0.1, -0.05) is 6.07 Å². The van der Waals surface area contributed by atoms with Crippen molar-refractivity contribution in [3.63, 3.8) is 0 Å². The van der Waals surface area contributed by atoms with Crippen molar-refractivity contribution in [3.05, 3.63) is 64.0 Å². The first-order chi connectivity index (χ1) is 11.1. The van der Waals surface area contributed by atoms with E-state index in [-0.39, 0.29) is 17.6 Å². The van der Waals surface area contributed by atoms with Crippen LogP contribution in [0.5, 0.6) is 0 Å². The van der Waals surface area contributed by atoms with Crippen molar-refractivity contribution >= 4 is 11.6 Å². The molecule has 1 atom stereocenters. The molecule has 0 unspecified atom stereocenters. The highest BCUT2D eigenvalue weighted by Crippen LogP contribution is 2.26. The molecule has 23 heavy (non-hydrogen) atoms. The summed E-state index contributed by atoms with van der Waals surface area (Å²) in [4.78, 5) is 25.0. The molecule has 7 heteroatoms. The molecular formula is C16H17N3O4. The Morgan fingerprint density at radius 2 is 2.17 bits per heavy atom. The molecule has 0 spiro atoms. The van der Waals surface area contributed by atoms with Crippen molar-refractivity contribution in [3.8, 4) is 0 Å². The van der Waals surface area contributed by atoms with Gasteiger partial charge in [-0.15, -0.1) is 0 Å². The first kappa shape index (κ1) is 15.2. The maximum atomic E-state index is 12.8. The number of morpholine rings is 1. The number of hydrogen-bond acceptors (Lipinski definition) is 4. The molecule has 0 N–H and O–H groups in total. The lowest BCUT2D eigenvalue weighted by Gasteiger charge is -2.36. The van der Waals surface area contributed by atoms with Gasteiger partial charge in [0.1, 0.15) is 0 Å². The van der Waals surface area contributed by atoms with Gasteiger partial charge in [-0.3, -0.25) is 14.9 Å². The van der Waals surface area contributed by atoms with Gasteiger partial charge in [-0.25, -0.2) is 0 Å². The molecule has 7 nitrogen and oxygen atoms in total. The fourth-order valence-electron chi connectivity index (χ4n) is 2.83. The standard InChI is InChI=1S/C16H17N3O4/c1-17-7-3-6-14(17)15-11-23-9-8-18(15)16(20)12-4-2-5-13(10-12)19(21)22/h2-7,10,15H,8-9,11H2,1H3/t15-/m1/s1. The molecule has 1 aliphatic heterocycles. The van der Waals surface area contributed by atoms with Crippen LogP contribution in [0.2, 0.25) is 0 Å². The van der Waals surface area contributed by atoms with Gasteiger partial charge in [0.05, 0.1) is 24.2 Å². The first-order valence-corrected chi connectivity index (χ1v) is 7.32. The van der Waals surface area contributed by atoms with E-state index in [2.05, 4.69) is 0 Å². The summed E-state index contributed by atoms with van der Waals surface area (Å²) < 4.78 is 7.48. The lowest BCUT2D eigenvalue weighted by Crippen LogP contribution is -2.44. The number of nitrogens with zero attached hydrogens (tertiary/aromatic N) is 3. The Hall–Kier alpha value is -2.67. The molecule has 1 aromatic carbocycles. The quantitative estimate of drug-likeness (QED) is 0.642. The van der Waals surface area contributed by atoms with E-state index in [0.717, 1.165) is 5.69 Å². The Balaban J connectivity index is 1.91. The summed E-state index contributed by atoms with van der Waals surface area (Å²) >= 11 is 0. The van der Waals surface area contributed by atoms with Crippen molar-refractivity contribution in [2.75, 3.05) is 19.8 Å². The maximum absolute atomic E-state index is 12.8. The van der Waals surface area contributed by atoms with Gasteiger partial charge in [-0.2, -0.15) is 0 Å². The number of amides is 1. The molecule has 3 rings (SSSR count). The molecule has 1 saturated heterocycles. The van der Waals surface area contributed by atoms with Crippen LogP contribution in [-0.4, -0.2) is 40.1 Å². The summed E-state index contributed by atoms with van der Waals surface area (Å²) in [6.07, 6.45) is 1.92. The minimum atomic E-state index is -0.495. The zero-order valence-corrected chi connectivity index (χ0v) is 12.7. The topological polar surface area (TPSA) is 77.6 Å². The third-order valence-electron chi connectivity index (χ3n) is 4.02. The second kappa shape index (κ2) is 6.21. The monoisotopic (exact) mass is 315 g/mol. The van der Waals surface area contributed by atoms with Crippen molar-refractivity contribution in [2.24, 2.45) is 7.05 Å². The zero-order valence-electron chi connectivity index (χ0n) is 12.7. The Morgan fingerprint density at radius 1 is 1.35 bits per heavy atom. The number of non-ortho nitro benzene ring substituents is 1. The summed E-state index contributed by atoms with van der Waals surface area (Å²) in [5.74, 6) is -0.219. The van der Waals surface area contributed by atoms with E-state index in [1.807, 2.05) is 29.9 Å². The van der Waals surface area contributed by atoms with Gasteiger partial charge in [0, 0.05) is 43.2 Å². The van der Waals surface area contributed by atoms with E-state index in [1.54, 1.807) is 11.0 Å². The SMILES string of the molecule is Cn1cccc1[C@H]1COCCN1C(=O)c1cccc([N+](=O)[O-])c1. The molecule has 0 radical (unpaired) electrons. The summed E-state index contributed by atoms with van der Waals surface area (Å²) in [6, 6.07) is 9.50. The van der Waals surface area contributed by atoms with Crippen molar-refractivity contribution in [2.45, 2.75) is 6.04 Å². The average molecular weight is 315 g/mol. The van der Waals surface area contributed by atoms with Crippen LogP contribution in [0.1, 0.15) is 22.1 Å². The number of hydrogen-bond donors (Lipinski definition) is 0. The second-order valence-corrected chi connectivity index (χ2v) is 5.44. The van der Waals surface area contributed by atoms with Gasteiger partial charge >= 0.3 is 0 Å². The smallest absolute Gasteiger partial charge is 0.270 e. The fraction of sp³-hybridized carbons (Fsp3) is 0.312. The highest BCUT2D eigenvalue weighted by Gasteiger charge is 2.31. The molecular weight excluding hydrogens is 298 g/mol. The minimum absolute atomic E-state index is 0.0838. The van der Waals surface area contributed by atoms with Crippen molar-refractivity contribution in [1.29, 1.82) is 0 Å². The minimum Gasteiger partial charge on any atom is -0.377 e. The van der Waals surface area contributed by atoms with Crippen LogP contribution < -0.4 is 0 Å². The Morgan fingerprint density at radius 3 is 2.87 bits per heavy atom. The number of carbonyl (C=O) groups is 1. The van der Waals surface area contributed by atoms with Gasteiger partial charge in [-0.05, 0) is 18.2 Å². The molecule has 0 saturated carbocycles. The molecule has 2 heterocycles. The van der Waals surface area contributed by atoms with Crippen LogP contribution in [0.3, 0.4) is 0 Å². The summed E-state index contributed by atoms with van der Waals surface area (Å²) in [7, 11) is 1.92. The van der Waals surface area contributed by atoms with Crippen LogP contribution >= 0.6 is 0 Å². The van der Waals surface area contributed by atoms with E-state index in [0.29, 0.717) is 25.3 Å². The summed E-state index contributed by atoms with van der Waals surface area (Å²) in [5, 5.41) is 10.9. The largest absolute Gasteiger partial charge is 0.377 e. The fourth-order valence-corrected chi connectivity index (χ4v) is 2.83. The third-order valence-corrected chi connectivity index (χ3v) is 4.02. The molecule has 0 aliphatic carbocycles. The number of nitro benzene ring substituents is 1. The number of benzene rings is 1. The molecule has 1 amide bonds. The van der Waals surface area contributed by atoms with Crippen LogP contribution in [0.4, 0.5) is 5.69 Å². The van der Waals surface area contributed by atoms with Gasteiger partial charge in [0.25, 0.3) is 11.6 Å². The summed E-state index contributed by atoms with van der Waals surface area (Å²) in [5.41, 5.74) is 1.21. The van der Waals surface area contributed by atoms with Crippen LogP contribution in [0, 0.1) is 10.1 Å². The van der Waals surface area contributed by atoms with E-state index in [1.165, 1.54) is 18.2 Å². The highest BCUT2D eigenvalue weighted by molar-refractivity contribution is 5.95. The zero-order chi connectivity index (χ0) is 16.4. The molecule has 0 bridgehead atoms. The maximum Gasteiger partial charge on any atom is 0.270 e. The molecule has 2 aromatic rings. The van der Waals surface area contributed by atoms with Crippen LogP contribution in [0.15, 0.2) is 42.6 Å². The van der Waals surface area contributed by atoms with Gasteiger partial charge < -0.3 is 14.2 Å². The lowest BCUT2D eigenvalue weighted by atomic mass is 10.1. The molecule has 1 aromatic heterocycles. The van der Waals surface area contributed by atoms with Gasteiger partial charge in [0.15, 0.2) is 0 Å². The van der Waals surface area contributed by atoms with Crippen molar-refractivity contribution in [1.82, 2.24) is 9.47 Å². The Kier molecular flexibility index (Phi) is 4.12. The Bertz CT molecular complexity index is 740. The normalized spacial score (nSPS) is 18.0. The molecule has 120 valence electrons. The lowest BCUT2D eigenvalue weighted by molar-refractivity contribution is -0.384. The number of carbonyl (C=O) groups excluding carboxylic acids is 1. The average Bonchev–Trinajstić information content (AvgIpc) is 3.00. The first-order valence-electron chi connectivity index (χ1n) is 7.32. The van der Waals surface area contributed by atoms with E-state index < -0.39 is 4.92 Å². The predicted octanol–water partition coefficient (Wildman–Crippen LogP) is 2.15. The third kappa shape index (κ3) is 2.95. The second-order valence-electron chi connectivity index (χ2n) is 5.44. The number of nitro groups is 1. The highest BCUT2D eigenvalue weighted by atomic mass is 16.6. The van der Waals surface area contributed by atoms with Crippen LogP contribution in [-0.2, 0) is 11.8 Å². The van der Waals surface area contributed by atoms with Crippen LogP contribution in [0.25, 0.3) is 0 Å². The summed E-state index contributed by atoms with van der Waals surface area (Å²) in [6.45, 7) is 1.33. The van der Waals surface area contributed by atoms with E-state index in [4.69, 9.17) is 4.74 Å². The Labute approximate surface area is 133 Å². The van der Waals surface area contributed by atoms with E-state index in [9.17, 15) is 14.9 Å². The number of aryl methyl sites for hydroxylation is 1. The molecule has 1 fully saturated rings. The molecule has 1 aliphatic rings.